The summed E-state index contributed by atoms with van der Waals surface area (Å²) in [5.74, 6) is 1.22. The molecule has 0 radical (unpaired) electrons. The molecule has 1 saturated heterocycles. The van der Waals surface area contributed by atoms with Gasteiger partial charge in [-0.25, -0.2) is 4.98 Å². The number of hydrogen-bond donors (Lipinski definition) is 2. The Balaban J connectivity index is 1.81. The summed E-state index contributed by atoms with van der Waals surface area (Å²) in [5.41, 5.74) is 1.35. The fourth-order valence-corrected chi connectivity index (χ4v) is 3.38. The molecule has 1 aromatic heterocycles. The SMILES string of the molecule is CCC1(CC)CCN(c2ccnc(Nc3cccc(CO)c3)n2)C1=O. The maximum absolute atomic E-state index is 12.9. The highest BCUT2D eigenvalue weighted by molar-refractivity contribution is 5.99. The van der Waals surface area contributed by atoms with Gasteiger partial charge in [-0.15, -0.1) is 0 Å². The molecule has 1 fully saturated rings. The minimum Gasteiger partial charge on any atom is -0.392 e. The van der Waals surface area contributed by atoms with Gasteiger partial charge in [0.2, 0.25) is 11.9 Å². The predicted octanol–water partition coefficient (Wildman–Crippen LogP) is 3.26. The molecule has 25 heavy (non-hydrogen) atoms. The fraction of sp³-hybridized carbons (Fsp3) is 0.421. The number of nitrogens with one attached hydrogen (secondary N) is 1. The summed E-state index contributed by atoms with van der Waals surface area (Å²) in [4.78, 5) is 23.4. The van der Waals surface area contributed by atoms with Gasteiger partial charge in [-0.1, -0.05) is 26.0 Å². The highest BCUT2D eigenvalue weighted by Gasteiger charge is 2.44. The van der Waals surface area contributed by atoms with E-state index in [4.69, 9.17) is 0 Å². The van der Waals surface area contributed by atoms with E-state index < -0.39 is 0 Å². The lowest BCUT2D eigenvalue weighted by molar-refractivity contribution is -0.125. The first-order chi connectivity index (χ1) is 12.1. The molecule has 0 saturated carbocycles. The van der Waals surface area contributed by atoms with Gasteiger partial charge in [0, 0.05) is 18.4 Å². The van der Waals surface area contributed by atoms with Crippen LogP contribution in [0.4, 0.5) is 17.5 Å². The zero-order valence-electron chi connectivity index (χ0n) is 14.7. The van der Waals surface area contributed by atoms with Crippen LogP contribution >= 0.6 is 0 Å². The number of hydrogen-bond acceptors (Lipinski definition) is 5. The van der Waals surface area contributed by atoms with Crippen LogP contribution in [0.1, 0.15) is 38.7 Å². The van der Waals surface area contributed by atoms with Gasteiger partial charge in [0.25, 0.3) is 0 Å². The first-order valence-corrected chi connectivity index (χ1v) is 8.73. The van der Waals surface area contributed by atoms with Gasteiger partial charge in [0.15, 0.2) is 0 Å². The molecule has 2 aromatic rings. The van der Waals surface area contributed by atoms with E-state index in [1.54, 1.807) is 17.2 Å². The van der Waals surface area contributed by atoms with E-state index >= 15 is 0 Å². The Morgan fingerprint density at radius 3 is 2.76 bits per heavy atom. The van der Waals surface area contributed by atoms with Crippen molar-refractivity contribution in [1.82, 2.24) is 9.97 Å². The molecule has 6 nitrogen and oxygen atoms in total. The molecule has 0 aliphatic carbocycles. The van der Waals surface area contributed by atoms with Crippen molar-refractivity contribution < 1.29 is 9.90 Å². The number of rotatable bonds is 6. The van der Waals surface area contributed by atoms with E-state index in [9.17, 15) is 9.90 Å². The Morgan fingerprint density at radius 1 is 1.28 bits per heavy atom. The largest absolute Gasteiger partial charge is 0.392 e. The van der Waals surface area contributed by atoms with Gasteiger partial charge in [0.05, 0.1) is 12.0 Å². The highest BCUT2D eigenvalue weighted by Crippen LogP contribution is 2.39. The van der Waals surface area contributed by atoms with Crippen molar-refractivity contribution in [1.29, 1.82) is 0 Å². The van der Waals surface area contributed by atoms with Crippen molar-refractivity contribution >= 4 is 23.4 Å². The highest BCUT2D eigenvalue weighted by atomic mass is 16.3. The maximum Gasteiger partial charge on any atom is 0.234 e. The van der Waals surface area contributed by atoms with Crippen LogP contribution in [0.2, 0.25) is 0 Å². The second kappa shape index (κ2) is 7.19. The van der Waals surface area contributed by atoms with Crippen molar-refractivity contribution in [2.75, 3.05) is 16.8 Å². The summed E-state index contributed by atoms with van der Waals surface area (Å²) in [5, 5.41) is 12.4. The molecule has 1 aliphatic heterocycles. The molecule has 0 bridgehead atoms. The fourth-order valence-electron chi connectivity index (χ4n) is 3.38. The van der Waals surface area contributed by atoms with Crippen LogP contribution in [0.3, 0.4) is 0 Å². The summed E-state index contributed by atoms with van der Waals surface area (Å²) in [6.07, 6.45) is 4.22. The van der Waals surface area contributed by atoms with Crippen LogP contribution in [0.5, 0.6) is 0 Å². The Bertz CT molecular complexity index is 759. The third-order valence-electron chi connectivity index (χ3n) is 5.15. The third kappa shape index (κ3) is 3.35. The van der Waals surface area contributed by atoms with Crippen LogP contribution < -0.4 is 10.2 Å². The zero-order chi connectivity index (χ0) is 17.9. The summed E-state index contributed by atoms with van der Waals surface area (Å²) in [6, 6.07) is 9.21. The van der Waals surface area contributed by atoms with E-state index in [0.717, 1.165) is 30.5 Å². The minimum atomic E-state index is -0.256. The molecule has 1 aromatic carbocycles. The smallest absolute Gasteiger partial charge is 0.234 e. The number of benzene rings is 1. The molecule has 1 aliphatic rings. The lowest BCUT2D eigenvalue weighted by Crippen LogP contribution is -2.34. The van der Waals surface area contributed by atoms with Crippen LogP contribution in [-0.2, 0) is 11.4 Å². The van der Waals surface area contributed by atoms with E-state index in [2.05, 4.69) is 29.1 Å². The summed E-state index contributed by atoms with van der Waals surface area (Å²) in [7, 11) is 0. The van der Waals surface area contributed by atoms with Gasteiger partial charge in [-0.3, -0.25) is 9.69 Å². The number of carbonyl (C=O) groups excluding carboxylic acids is 1. The molecule has 6 heteroatoms. The number of amides is 1. The molecule has 0 spiro atoms. The zero-order valence-corrected chi connectivity index (χ0v) is 14.7. The van der Waals surface area contributed by atoms with E-state index in [0.29, 0.717) is 18.3 Å². The first-order valence-electron chi connectivity index (χ1n) is 8.73. The van der Waals surface area contributed by atoms with Crippen molar-refractivity contribution in [2.24, 2.45) is 5.41 Å². The van der Waals surface area contributed by atoms with Gasteiger partial charge in [-0.2, -0.15) is 4.98 Å². The number of aliphatic hydroxyl groups excluding tert-OH is 1. The number of carbonyl (C=O) groups is 1. The van der Waals surface area contributed by atoms with E-state index in [-0.39, 0.29) is 17.9 Å². The first kappa shape index (κ1) is 17.4. The molecule has 0 atom stereocenters. The van der Waals surface area contributed by atoms with Crippen molar-refractivity contribution in [3.63, 3.8) is 0 Å². The third-order valence-corrected chi connectivity index (χ3v) is 5.15. The average Bonchev–Trinajstić information content (AvgIpc) is 2.99. The van der Waals surface area contributed by atoms with Crippen molar-refractivity contribution in [3.8, 4) is 0 Å². The second-order valence-corrected chi connectivity index (χ2v) is 6.42. The summed E-state index contributed by atoms with van der Waals surface area (Å²) in [6.45, 7) is 4.82. The monoisotopic (exact) mass is 340 g/mol. The second-order valence-electron chi connectivity index (χ2n) is 6.42. The Labute approximate surface area is 147 Å². The molecule has 2 heterocycles. The number of nitrogens with zero attached hydrogens (tertiary/aromatic N) is 3. The van der Waals surface area contributed by atoms with Crippen LogP contribution in [-0.4, -0.2) is 27.5 Å². The molecular weight excluding hydrogens is 316 g/mol. The Kier molecular flexibility index (Phi) is 4.99. The molecule has 1 amide bonds. The number of anilines is 3. The van der Waals surface area contributed by atoms with Gasteiger partial charge >= 0.3 is 0 Å². The topological polar surface area (TPSA) is 78.3 Å². The predicted molar refractivity (Wildman–Crippen MR) is 97.7 cm³/mol. The van der Waals surface area contributed by atoms with Crippen LogP contribution in [0, 0.1) is 5.41 Å². The maximum atomic E-state index is 12.9. The molecule has 2 N–H and O–H groups in total. The lowest BCUT2D eigenvalue weighted by Gasteiger charge is -2.24. The average molecular weight is 340 g/mol. The van der Waals surface area contributed by atoms with E-state index in [1.807, 2.05) is 24.3 Å². The normalized spacial score (nSPS) is 16.3. The summed E-state index contributed by atoms with van der Waals surface area (Å²) < 4.78 is 0. The van der Waals surface area contributed by atoms with Crippen LogP contribution in [0.15, 0.2) is 36.5 Å². The number of aromatic nitrogens is 2. The van der Waals surface area contributed by atoms with Crippen LogP contribution in [0.25, 0.3) is 0 Å². The molecule has 3 rings (SSSR count). The lowest BCUT2D eigenvalue weighted by atomic mass is 9.81. The van der Waals surface area contributed by atoms with Gasteiger partial charge in [0.1, 0.15) is 5.82 Å². The molecular formula is C19H24N4O2. The molecule has 132 valence electrons. The van der Waals surface area contributed by atoms with E-state index in [1.165, 1.54) is 0 Å². The molecule has 0 unspecified atom stereocenters. The van der Waals surface area contributed by atoms with Gasteiger partial charge in [-0.05, 0) is 43.0 Å². The van der Waals surface area contributed by atoms with Crippen molar-refractivity contribution in [3.05, 3.63) is 42.1 Å². The Morgan fingerprint density at radius 2 is 2.08 bits per heavy atom. The minimum absolute atomic E-state index is 0.0190. The summed E-state index contributed by atoms with van der Waals surface area (Å²) >= 11 is 0. The van der Waals surface area contributed by atoms with Gasteiger partial charge < -0.3 is 10.4 Å². The Hall–Kier alpha value is -2.47. The standard InChI is InChI=1S/C19H24N4O2/c1-3-19(4-2)9-11-23(17(19)25)16-8-10-20-18(22-16)21-15-7-5-6-14(12-15)13-24/h5-8,10,12,24H,3-4,9,11,13H2,1-2H3,(H,20,21,22). The van der Waals surface area contributed by atoms with Crippen molar-refractivity contribution in [2.45, 2.75) is 39.7 Å². The number of aliphatic hydroxyl groups is 1. The quantitative estimate of drug-likeness (QED) is 0.844.